The minimum atomic E-state index is -0.659. The molecule has 0 heterocycles. The summed E-state index contributed by atoms with van der Waals surface area (Å²) in [7, 11) is 0. The second kappa shape index (κ2) is 25.7. The van der Waals surface area contributed by atoms with Gasteiger partial charge in [0.05, 0.1) is 6.26 Å². The average Bonchev–Trinajstić information content (AvgIpc) is 2.67. The summed E-state index contributed by atoms with van der Waals surface area (Å²) in [5.41, 5.74) is 0. The third kappa shape index (κ3) is 29.4. The Morgan fingerprint density at radius 1 is 0.679 bits per heavy atom. The fraction of sp³-hybridized carbons (Fsp3) is 0.833. The maximum absolute atomic E-state index is 11.1. The van der Waals surface area contributed by atoms with E-state index in [1.165, 1.54) is 57.6 Å². The van der Waals surface area contributed by atoms with Crippen LogP contribution in [0.5, 0.6) is 0 Å². The summed E-state index contributed by atoms with van der Waals surface area (Å²) in [5.74, 6) is -0.765. The highest BCUT2D eigenvalue weighted by molar-refractivity contribution is 5.69. The number of allylic oxidation sites excluding steroid dienone is 1. The van der Waals surface area contributed by atoms with Crippen LogP contribution >= 0.6 is 0 Å². The Morgan fingerprint density at radius 2 is 1.14 bits per heavy atom. The molecule has 0 aliphatic rings. The molecule has 4 heteroatoms. The molecule has 0 unspecified atom stereocenters. The lowest BCUT2D eigenvalue weighted by Gasteiger charge is -2.00. The highest BCUT2D eigenvalue weighted by Gasteiger charge is 1.99. The Kier molecular flexibility index (Phi) is 26.5. The van der Waals surface area contributed by atoms with Crippen molar-refractivity contribution < 1.29 is 19.4 Å². The van der Waals surface area contributed by atoms with Crippen LogP contribution in [0.2, 0.25) is 0 Å². The molecule has 4 nitrogen and oxygen atoms in total. The van der Waals surface area contributed by atoms with Gasteiger partial charge in [-0.25, -0.2) is 0 Å². The van der Waals surface area contributed by atoms with Gasteiger partial charge in [-0.1, -0.05) is 91.4 Å². The highest BCUT2D eigenvalue weighted by Crippen LogP contribution is 2.10. The van der Waals surface area contributed by atoms with E-state index in [1.807, 2.05) is 6.08 Å². The van der Waals surface area contributed by atoms with Gasteiger partial charge < -0.3 is 9.84 Å². The van der Waals surface area contributed by atoms with Crippen LogP contribution in [0.25, 0.3) is 0 Å². The smallest absolute Gasteiger partial charge is 0.310 e. The maximum atomic E-state index is 11.1. The van der Waals surface area contributed by atoms with Gasteiger partial charge in [-0.3, -0.25) is 9.59 Å². The first-order valence-corrected chi connectivity index (χ1v) is 11.6. The highest BCUT2D eigenvalue weighted by atomic mass is 16.5. The first-order chi connectivity index (χ1) is 13.6. The number of carbonyl (C=O) groups excluding carboxylic acids is 1. The van der Waals surface area contributed by atoms with Gasteiger partial charge in [0.1, 0.15) is 0 Å². The van der Waals surface area contributed by atoms with Crippen molar-refractivity contribution in [3.8, 4) is 0 Å². The summed E-state index contributed by atoms with van der Waals surface area (Å²) >= 11 is 0. The van der Waals surface area contributed by atoms with E-state index >= 15 is 0 Å². The van der Waals surface area contributed by atoms with Crippen molar-refractivity contribution in [1.82, 2.24) is 0 Å². The van der Waals surface area contributed by atoms with Crippen LogP contribution in [0.15, 0.2) is 12.3 Å². The minimum absolute atomic E-state index is 0.105. The Labute approximate surface area is 174 Å². The van der Waals surface area contributed by atoms with Crippen LogP contribution in [0.1, 0.15) is 130 Å². The fourth-order valence-electron chi connectivity index (χ4n) is 2.68. The molecule has 0 bridgehead atoms. The molecule has 0 aliphatic carbocycles. The Bertz CT molecular complexity index is 364. The quantitative estimate of drug-likeness (QED) is 0.145. The van der Waals surface area contributed by atoms with Crippen molar-refractivity contribution in [1.29, 1.82) is 0 Å². The predicted molar refractivity (Wildman–Crippen MR) is 118 cm³/mol. The van der Waals surface area contributed by atoms with Crippen LogP contribution in [0.3, 0.4) is 0 Å². The van der Waals surface area contributed by atoms with Gasteiger partial charge in [-0.2, -0.15) is 0 Å². The number of carbonyl (C=O) groups is 2. The van der Waals surface area contributed by atoms with E-state index in [4.69, 9.17) is 9.84 Å². The first-order valence-electron chi connectivity index (χ1n) is 11.6. The maximum Gasteiger partial charge on any atom is 0.310 e. The molecule has 0 saturated heterocycles. The van der Waals surface area contributed by atoms with Crippen molar-refractivity contribution in [2.45, 2.75) is 130 Å². The molecule has 0 aromatic rings. The average molecular weight is 399 g/mol. The van der Waals surface area contributed by atoms with Gasteiger partial charge in [-0.05, 0) is 31.8 Å². The van der Waals surface area contributed by atoms with E-state index in [0.717, 1.165) is 44.9 Å². The molecule has 0 aromatic carbocycles. The topological polar surface area (TPSA) is 63.6 Å². The summed E-state index contributed by atoms with van der Waals surface area (Å²) in [6.07, 6.45) is 22.0. The van der Waals surface area contributed by atoms with Crippen LogP contribution < -0.4 is 0 Å². The number of rotatable bonds is 18. The van der Waals surface area contributed by atoms with E-state index in [9.17, 15) is 9.59 Å². The number of hydrogen-bond acceptors (Lipinski definition) is 3. The molecular weight excluding hydrogens is 352 g/mol. The molecular formula is C24H46O4. The van der Waals surface area contributed by atoms with Crippen molar-refractivity contribution >= 4 is 11.9 Å². The molecule has 0 saturated carbocycles. The number of hydrogen-bond donors (Lipinski definition) is 1. The number of unbranched alkanes of at least 4 members (excludes halogenated alkanes) is 12. The number of esters is 1. The summed E-state index contributed by atoms with van der Waals surface area (Å²) in [6, 6.07) is 0. The van der Waals surface area contributed by atoms with Gasteiger partial charge in [0.25, 0.3) is 0 Å². The molecule has 166 valence electrons. The van der Waals surface area contributed by atoms with E-state index in [2.05, 4.69) is 20.8 Å². The molecule has 0 aliphatic heterocycles. The van der Waals surface area contributed by atoms with Crippen LogP contribution in [0.4, 0.5) is 0 Å². The predicted octanol–water partition coefficient (Wildman–Crippen LogP) is 7.81. The normalized spacial score (nSPS) is 10.5. The lowest BCUT2D eigenvalue weighted by Crippen LogP contribution is -1.98. The van der Waals surface area contributed by atoms with E-state index in [0.29, 0.717) is 12.8 Å². The number of carboxylic acid groups (broad SMARTS) is 1. The molecule has 0 aromatic heterocycles. The van der Waals surface area contributed by atoms with Crippen molar-refractivity contribution in [3.05, 3.63) is 12.3 Å². The van der Waals surface area contributed by atoms with Crippen LogP contribution in [-0.4, -0.2) is 17.0 Å². The third-order valence-electron chi connectivity index (χ3n) is 4.50. The molecule has 0 amide bonds. The lowest BCUT2D eigenvalue weighted by atomic mass is 10.1. The van der Waals surface area contributed by atoms with Crippen molar-refractivity contribution in [3.63, 3.8) is 0 Å². The summed E-state index contributed by atoms with van der Waals surface area (Å²) < 4.78 is 4.92. The molecule has 0 rings (SSSR count). The minimum Gasteiger partial charge on any atom is -0.481 e. The lowest BCUT2D eigenvalue weighted by molar-refractivity contribution is -0.138. The molecule has 1 N–H and O–H groups in total. The largest absolute Gasteiger partial charge is 0.481 e. The van der Waals surface area contributed by atoms with Crippen LogP contribution in [-0.2, 0) is 14.3 Å². The first kappa shape index (κ1) is 28.9. The zero-order valence-electron chi connectivity index (χ0n) is 18.8. The monoisotopic (exact) mass is 398 g/mol. The molecule has 28 heavy (non-hydrogen) atoms. The van der Waals surface area contributed by atoms with Gasteiger partial charge in [-0.15, -0.1) is 0 Å². The zero-order valence-corrected chi connectivity index (χ0v) is 18.8. The van der Waals surface area contributed by atoms with Gasteiger partial charge in [0.2, 0.25) is 0 Å². The molecule has 0 atom stereocenters. The van der Waals surface area contributed by atoms with E-state index < -0.39 is 5.97 Å². The van der Waals surface area contributed by atoms with Gasteiger partial charge in [0, 0.05) is 12.8 Å². The molecule has 0 fully saturated rings. The zero-order chi connectivity index (χ0) is 21.3. The second-order valence-electron chi connectivity index (χ2n) is 7.43. The van der Waals surface area contributed by atoms with E-state index in [-0.39, 0.29) is 5.97 Å². The number of carboxylic acids is 1. The number of aliphatic carboxylic acids is 1. The second-order valence-corrected chi connectivity index (χ2v) is 7.43. The molecule has 0 spiro atoms. The SMILES string of the molecule is CCCCC=COC(=O)CCCCC.CCCCCCCCCCCC(=O)O. The van der Waals surface area contributed by atoms with Gasteiger partial charge >= 0.3 is 11.9 Å². The Hall–Kier alpha value is -1.32. The fourth-order valence-corrected chi connectivity index (χ4v) is 2.68. The van der Waals surface area contributed by atoms with E-state index in [1.54, 1.807) is 0 Å². The summed E-state index contributed by atoms with van der Waals surface area (Å²) in [4.78, 5) is 21.3. The number of ether oxygens (including phenoxy) is 1. The van der Waals surface area contributed by atoms with Crippen molar-refractivity contribution in [2.24, 2.45) is 0 Å². The standard InChI is InChI=1S/C12H22O2.C12H24O2/c1-3-5-7-9-11-14-12(13)10-8-6-4-2;1-2-3-4-5-6-7-8-9-10-11-12(13)14/h9,11H,3-8,10H2,1-2H3;2-11H2,1H3,(H,13,14). The third-order valence-corrected chi connectivity index (χ3v) is 4.50. The van der Waals surface area contributed by atoms with Crippen molar-refractivity contribution in [2.75, 3.05) is 0 Å². The summed E-state index contributed by atoms with van der Waals surface area (Å²) in [5, 5.41) is 8.41. The summed E-state index contributed by atoms with van der Waals surface area (Å²) in [6.45, 7) is 6.49. The molecule has 0 radical (unpaired) electrons. The van der Waals surface area contributed by atoms with Gasteiger partial charge in [0.15, 0.2) is 0 Å². The Balaban J connectivity index is 0. The van der Waals surface area contributed by atoms with Crippen LogP contribution in [0, 0.1) is 0 Å². The Morgan fingerprint density at radius 3 is 1.68 bits per heavy atom.